The molecule has 1 unspecified atom stereocenters. The van der Waals surface area contributed by atoms with E-state index in [9.17, 15) is 19.1 Å². The number of aryl methyl sites for hydroxylation is 1. The fourth-order valence-electron chi connectivity index (χ4n) is 4.18. The van der Waals surface area contributed by atoms with E-state index in [4.69, 9.17) is 9.15 Å². The van der Waals surface area contributed by atoms with Crippen molar-refractivity contribution in [2.24, 2.45) is 0 Å². The average molecular weight is 464 g/mol. The lowest BCUT2D eigenvalue weighted by molar-refractivity contribution is -0.132. The molecule has 0 aliphatic carbocycles. The van der Waals surface area contributed by atoms with Crippen LogP contribution >= 0.6 is 0 Å². The number of Topliss-reactive ketones (excluding diaryl/α,β-unsaturated/α-hetero) is 1. The van der Waals surface area contributed by atoms with Crippen molar-refractivity contribution in [3.8, 4) is 5.75 Å². The molecule has 0 radical (unpaired) electrons. The Balaban J connectivity index is 1.92. The number of aliphatic hydroxyl groups is 1. The molecule has 0 bridgehead atoms. The van der Waals surface area contributed by atoms with Crippen LogP contribution in [0.15, 0.2) is 64.6 Å². The highest BCUT2D eigenvalue weighted by molar-refractivity contribution is 6.51. The van der Waals surface area contributed by atoms with E-state index >= 15 is 0 Å². The van der Waals surface area contributed by atoms with Crippen molar-refractivity contribution in [1.29, 1.82) is 0 Å². The monoisotopic (exact) mass is 463 g/mol. The molecule has 34 heavy (non-hydrogen) atoms. The first-order valence-electron chi connectivity index (χ1n) is 11.1. The number of aliphatic hydroxyl groups excluding tert-OH is 1. The molecule has 4 rings (SSSR count). The summed E-state index contributed by atoms with van der Waals surface area (Å²) >= 11 is 0. The van der Waals surface area contributed by atoms with Crippen molar-refractivity contribution in [3.05, 3.63) is 88.6 Å². The van der Waals surface area contributed by atoms with Gasteiger partial charge in [0, 0.05) is 11.3 Å². The third kappa shape index (κ3) is 4.09. The second-order valence-corrected chi connectivity index (χ2v) is 8.44. The molecule has 1 aromatic heterocycles. The fraction of sp³-hybridized carbons (Fsp3) is 0.259. The van der Waals surface area contributed by atoms with Gasteiger partial charge in [-0.1, -0.05) is 19.9 Å². The maximum absolute atomic E-state index is 14.0. The molecule has 1 N–H and O–H groups in total. The average Bonchev–Trinajstić information content (AvgIpc) is 3.34. The Morgan fingerprint density at radius 2 is 1.91 bits per heavy atom. The standard InChI is InChI=1S/C27H26FNO5/c1-5-33-21-12-10-17(13-20(21)15(2)3)25(30)23-24(22-11-9-16(4)34-22)29(27(32)26(23)31)19-8-6-7-18(28)14-19/h6-15,24,30H,5H2,1-4H3/b25-23-. The highest BCUT2D eigenvalue weighted by atomic mass is 19.1. The molecule has 2 heterocycles. The molecule has 1 fully saturated rings. The molecule has 7 heteroatoms. The predicted octanol–water partition coefficient (Wildman–Crippen LogP) is 5.88. The van der Waals surface area contributed by atoms with E-state index in [-0.39, 0.29) is 28.7 Å². The summed E-state index contributed by atoms with van der Waals surface area (Å²) in [4.78, 5) is 27.5. The van der Waals surface area contributed by atoms with Gasteiger partial charge in [0.15, 0.2) is 0 Å². The number of hydrogen-bond acceptors (Lipinski definition) is 5. The molecule has 3 aromatic rings. The Hall–Kier alpha value is -3.87. The van der Waals surface area contributed by atoms with Crippen LogP contribution in [0.2, 0.25) is 0 Å². The Morgan fingerprint density at radius 1 is 1.15 bits per heavy atom. The summed E-state index contributed by atoms with van der Waals surface area (Å²) < 4.78 is 25.5. The number of hydrogen-bond donors (Lipinski definition) is 1. The lowest BCUT2D eigenvalue weighted by Gasteiger charge is -2.23. The van der Waals surface area contributed by atoms with Crippen LogP contribution in [0.3, 0.4) is 0 Å². The van der Waals surface area contributed by atoms with E-state index in [0.29, 0.717) is 23.7 Å². The number of anilines is 1. The van der Waals surface area contributed by atoms with Crippen LogP contribution < -0.4 is 9.64 Å². The second-order valence-electron chi connectivity index (χ2n) is 8.44. The van der Waals surface area contributed by atoms with E-state index in [1.807, 2.05) is 20.8 Å². The van der Waals surface area contributed by atoms with Gasteiger partial charge in [-0.25, -0.2) is 4.39 Å². The van der Waals surface area contributed by atoms with Gasteiger partial charge in [0.2, 0.25) is 0 Å². The van der Waals surface area contributed by atoms with Crippen LogP contribution in [-0.2, 0) is 9.59 Å². The van der Waals surface area contributed by atoms with Crippen LogP contribution in [0.5, 0.6) is 5.75 Å². The molecule has 0 spiro atoms. The number of nitrogens with zero attached hydrogens (tertiary/aromatic N) is 1. The second kappa shape index (κ2) is 9.17. The van der Waals surface area contributed by atoms with E-state index in [1.54, 1.807) is 37.3 Å². The van der Waals surface area contributed by atoms with Crippen molar-refractivity contribution in [2.75, 3.05) is 11.5 Å². The fourth-order valence-corrected chi connectivity index (χ4v) is 4.18. The summed E-state index contributed by atoms with van der Waals surface area (Å²) in [6, 6.07) is 12.8. The third-order valence-electron chi connectivity index (χ3n) is 5.77. The minimum atomic E-state index is -1.05. The molecule has 1 aliphatic heterocycles. The summed E-state index contributed by atoms with van der Waals surface area (Å²) in [6.07, 6.45) is 0. The van der Waals surface area contributed by atoms with Crippen LogP contribution in [-0.4, -0.2) is 23.4 Å². The lowest BCUT2D eigenvalue weighted by Crippen LogP contribution is -2.29. The Bertz CT molecular complexity index is 1290. The van der Waals surface area contributed by atoms with Gasteiger partial charge < -0.3 is 14.3 Å². The van der Waals surface area contributed by atoms with Crippen LogP contribution in [0.1, 0.15) is 55.4 Å². The summed E-state index contributed by atoms with van der Waals surface area (Å²) in [7, 11) is 0. The quantitative estimate of drug-likeness (QED) is 0.281. The molecular weight excluding hydrogens is 437 g/mol. The zero-order valence-electron chi connectivity index (χ0n) is 19.5. The normalized spacial score (nSPS) is 17.6. The number of ketones is 1. The van der Waals surface area contributed by atoms with Crippen LogP contribution in [0.25, 0.3) is 5.76 Å². The predicted molar refractivity (Wildman–Crippen MR) is 126 cm³/mol. The molecule has 1 amide bonds. The summed E-state index contributed by atoms with van der Waals surface area (Å²) in [5, 5.41) is 11.3. The Kier molecular flexibility index (Phi) is 6.28. The van der Waals surface area contributed by atoms with Crippen molar-refractivity contribution < 1.29 is 28.2 Å². The zero-order chi connectivity index (χ0) is 24.6. The molecule has 176 valence electrons. The number of halogens is 1. The molecule has 6 nitrogen and oxygen atoms in total. The van der Waals surface area contributed by atoms with E-state index in [2.05, 4.69) is 0 Å². The Labute approximate surface area is 197 Å². The van der Waals surface area contributed by atoms with Crippen molar-refractivity contribution in [1.82, 2.24) is 0 Å². The highest BCUT2D eigenvalue weighted by Crippen LogP contribution is 2.43. The molecular formula is C27H26FNO5. The first-order chi connectivity index (χ1) is 16.2. The minimum absolute atomic E-state index is 0.0903. The number of carbonyl (C=O) groups excluding carboxylic acids is 2. The maximum atomic E-state index is 14.0. The third-order valence-corrected chi connectivity index (χ3v) is 5.77. The number of carbonyl (C=O) groups is 2. The first-order valence-corrected chi connectivity index (χ1v) is 11.1. The SMILES string of the molecule is CCOc1ccc(/C(O)=C2/C(=O)C(=O)N(c3cccc(F)c3)C2c2ccc(C)o2)cc1C(C)C. The van der Waals surface area contributed by atoms with Gasteiger partial charge in [-0.3, -0.25) is 14.5 Å². The molecule has 2 aromatic carbocycles. The smallest absolute Gasteiger partial charge is 0.300 e. The van der Waals surface area contributed by atoms with Gasteiger partial charge in [0.1, 0.15) is 34.9 Å². The van der Waals surface area contributed by atoms with E-state index in [1.165, 1.54) is 24.3 Å². The lowest BCUT2D eigenvalue weighted by atomic mass is 9.95. The zero-order valence-corrected chi connectivity index (χ0v) is 19.5. The number of rotatable bonds is 6. The van der Waals surface area contributed by atoms with Gasteiger partial charge in [-0.05, 0) is 73.9 Å². The van der Waals surface area contributed by atoms with Crippen molar-refractivity contribution in [3.63, 3.8) is 0 Å². The first kappa shape index (κ1) is 23.3. The minimum Gasteiger partial charge on any atom is -0.507 e. The largest absolute Gasteiger partial charge is 0.507 e. The molecule has 1 saturated heterocycles. The maximum Gasteiger partial charge on any atom is 0.300 e. The van der Waals surface area contributed by atoms with Gasteiger partial charge >= 0.3 is 0 Å². The number of amides is 1. The topological polar surface area (TPSA) is 80.0 Å². The summed E-state index contributed by atoms with van der Waals surface area (Å²) in [6.45, 7) is 8.10. The molecule has 0 saturated carbocycles. The molecule has 1 aliphatic rings. The van der Waals surface area contributed by atoms with Crippen molar-refractivity contribution in [2.45, 2.75) is 39.7 Å². The van der Waals surface area contributed by atoms with Gasteiger partial charge in [0.25, 0.3) is 11.7 Å². The summed E-state index contributed by atoms with van der Waals surface area (Å²) in [5.41, 5.74) is 1.30. The van der Waals surface area contributed by atoms with Gasteiger partial charge in [0.05, 0.1) is 12.2 Å². The van der Waals surface area contributed by atoms with Gasteiger partial charge in [-0.2, -0.15) is 0 Å². The highest BCUT2D eigenvalue weighted by Gasteiger charge is 2.48. The number of benzene rings is 2. The van der Waals surface area contributed by atoms with Crippen LogP contribution in [0, 0.1) is 12.7 Å². The van der Waals surface area contributed by atoms with Gasteiger partial charge in [-0.15, -0.1) is 0 Å². The van der Waals surface area contributed by atoms with Crippen LogP contribution in [0.4, 0.5) is 10.1 Å². The van der Waals surface area contributed by atoms with Crippen molar-refractivity contribution >= 4 is 23.1 Å². The number of furan rings is 1. The van der Waals surface area contributed by atoms with E-state index in [0.717, 1.165) is 10.5 Å². The van der Waals surface area contributed by atoms with E-state index < -0.39 is 23.5 Å². The number of ether oxygens (including phenoxy) is 1. The molecule has 1 atom stereocenters. The summed E-state index contributed by atoms with van der Waals surface area (Å²) in [5.74, 6) is -0.995. The Morgan fingerprint density at radius 3 is 2.53 bits per heavy atom.